The van der Waals surface area contributed by atoms with Gasteiger partial charge in [-0.3, -0.25) is 9.69 Å². The molecule has 0 unspecified atom stereocenters. The van der Waals surface area contributed by atoms with Crippen LogP contribution in [0.25, 0.3) is 0 Å². The van der Waals surface area contributed by atoms with Crippen LogP contribution in [-0.2, 0) is 0 Å². The quantitative estimate of drug-likeness (QED) is 0.604. The fourth-order valence-corrected chi connectivity index (χ4v) is 4.73. The number of hydrogen-bond acceptors (Lipinski definition) is 8. The van der Waals surface area contributed by atoms with E-state index in [2.05, 4.69) is 20.9 Å². The molecule has 168 valence electrons. The first-order valence-electron chi connectivity index (χ1n) is 10.4. The molecule has 1 aliphatic carbocycles. The molecule has 8 nitrogen and oxygen atoms in total. The van der Waals surface area contributed by atoms with E-state index in [0.717, 1.165) is 36.6 Å². The maximum absolute atomic E-state index is 13.7. The number of benzene rings is 2. The molecule has 4 rings (SSSR count). The first-order valence-corrected chi connectivity index (χ1v) is 11.2. The van der Waals surface area contributed by atoms with Gasteiger partial charge in [0.1, 0.15) is 5.66 Å². The third kappa shape index (κ3) is 3.92. The number of nitrogens with two attached hydrogens (primary N) is 2. The van der Waals surface area contributed by atoms with Crippen molar-refractivity contribution in [3.8, 4) is 11.5 Å². The summed E-state index contributed by atoms with van der Waals surface area (Å²) in [5.41, 5.74) is 13.3. The number of rotatable bonds is 5. The van der Waals surface area contributed by atoms with E-state index in [1.807, 2.05) is 17.0 Å². The van der Waals surface area contributed by atoms with Crippen LogP contribution in [-0.4, -0.2) is 37.6 Å². The largest absolute Gasteiger partial charge is 0.493 e. The van der Waals surface area contributed by atoms with Crippen LogP contribution in [0.2, 0.25) is 0 Å². The van der Waals surface area contributed by atoms with Crippen LogP contribution in [0.4, 0.5) is 5.69 Å². The van der Waals surface area contributed by atoms with Gasteiger partial charge in [0.2, 0.25) is 11.9 Å². The van der Waals surface area contributed by atoms with Crippen LogP contribution in [0.3, 0.4) is 0 Å². The van der Waals surface area contributed by atoms with Crippen LogP contribution < -0.4 is 25.8 Å². The van der Waals surface area contributed by atoms with Gasteiger partial charge in [0.15, 0.2) is 17.3 Å². The van der Waals surface area contributed by atoms with Crippen LogP contribution in [0.15, 0.2) is 50.9 Å². The van der Waals surface area contributed by atoms with Crippen molar-refractivity contribution >= 4 is 39.3 Å². The molecule has 0 amide bonds. The molecule has 1 saturated carbocycles. The Labute approximate surface area is 195 Å². The highest BCUT2D eigenvalue weighted by Gasteiger charge is 2.44. The minimum Gasteiger partial charge on any atom is -0.493 e. The van der Waals surface area contributed by atoms with Gasteiger partial charge in [0, 0.05) is 16.1 Å². The lowest BCUT2D eigenvalue weighted by Crippen LogP contribution is -2.58. The van der Waals surface area contributed by atoms with Gasteiger partial charge in [-0.2, -0.15) is 4.99 Å². The zero-order valence-electron chi connectivity index (χ0n) is 18.1. The Bertz CT molecular complexity index is 1090. The van der Waals surface area contributed by atoms with E-state index in [0.29, 0.717) is 28.3 Å². The number of carbonyl (C=O) groups excluding carboxylic acids is 1. The topological polar surface area (TPSA) is 116 Å². The summed E-state index contributed by atoms with van der Waals surface area (Å²) in [7, 11) is 3.09. The van der Waals surface area contributed by atoms with Crippen LogP contribution >= 0.6 is 15.9 Å². The Morgan fingerprint density at radius 3 is 2.28 bits per heavy atom. The van der Waals surface area contributed by atoms with Crippen molar-refractivity contribution in [1.82, 2.24) is 0 Å². The van der Waals surface area contributed by atoms with Gasteiger partial charge in [-0.25, -0.2) is 4.99 Å². The highest BCUT2D eigenvalue weighted by molar-refractivity contribution is 9.10. The number of hydrogen-bond donors (Lipinski definition) is 2. The number of anilines is 1. The third-order valence-electron chi connectivity index (χ3n) is 5.95. The van der Waals surface area contributed by atoms with E-state index in [4.69, 9.17) is 25.9 Å². The minimum atomic E-state index is -0.692. The Morgan fingerprint density at radius 2 is 1.66 bits per heavy atom. The van der Waals surface area contributed by atoms with Crippen molar-refractivity contribution in [2.75, 3.05) is 19.1 Å². The molecular formula is C23H26BrN5O3. The second-order valence-electron chi connectivity index (χ2n) is 7.88. The fourth-order valence-electron chi connectivity index (χ4n) is 4.46. The van der Waals surface area contributed by atoms with Crippen molar-refractivity contribution in [1.29, 1.82) is 0 Å². The van der Waals surface area contributed by atoms with Crippen molar-refractivity contribution in [2.24, 2.45) is 21.5 Å². The number of ether oxygens (including phenoxy) is 2. The summed E-state index contributed by atoms with van der Waals surface area (Å²) in [4.78, 5) is 24.5. The van der Waals surface area contributed by atoms with E-state index in [9.17, 15) is 4.79 Å². The zero-order valence-corrected chi connectivity index (χ0v) is 19.7. The van der Waals surface area contributed by atoms with Gasteiger partial charge in [-0.05, 0) is 56.0 Å². The summed E-state index contributed by atoms with van der Waals surface area (Å²) in [6.07, 6.45) is 4.57. The molecule has 1 spiro atoms. The monoisotopic (exact) mass is 499 g/mol. The molecule has 1 heterocycles. The minimum absolute atomic E-state index is 0.155. The lowest BCUT2D eigenvalue weighted by atomic mass is 9.86. The predicted octanol–water partition coefficient (Wildman–Crippen LogP) is 3.81. The maximum atomic E-state index is 13.7. The average Bonchev–Trinajstić information content (AvgIpc) is 2.78. The maximum Gasteiger partial charge on any atom is 0.220 e. The Morgan fingerprint density at radius 1 is 1.03 bits per heavy atom. The molecular weight excluding hydrogens is 474 g/mol. The summed E-state index contributed by atoms with van der Waals surface area (Å²) in [5.74, 6) is 1.12. The molecule has 0 saturated heterocycles. The first kappa shape index (κ1) is 22.1. The van der Waals surface area contributed by atoms with Gasteiger partial charge in [-0.15, -0.1) is 0 Å². The summed E-state index contributed by atoms with van der Waals surface area (Å²) < 4.78 is 11.9. The van der Waals surface area contributed by atoms with E-state index in [1.165, 1.54) is 7.11 Å². The van der Waals surface area contributed by atoms with Crippen LogP contribution in [0.5, 0.6) is 11.5 Å². The molecule has 0 radical (unpaired) electrons. The zero-order chi connectivity index (χ0) is 22.9. The van der Waals surface area contributed by atoms with Gasteiger partial charge >= 0.3 is 0 Å². The van der Waals surface area contributed by atoms with Crippen molar-refractivity contribution < 1.29 is 14.3 Å². The third-order valence-corrected chi connectivity index (χ3v) is 6.47. The highest BCUT2D eigenvalue weighted by atomic mass is 79.9. The summed E-state index contributed by atoms with van der Waals surface area (Å²) in [6, 6.07) is 10.7. The molecule has 0 bridgehead atoms. The van der Waals surface area contributed by atoms with E-state index in [1.54, 1.807) is 31.4 Å². The lowest BCUT2D eigenvalue weighted by molar-refractivity contribution is 0.103. The molecule has 32 heavy (non-hydrogen) atoms. The summed E-state index contributed by atoms with van der Waals surface area (Å²) >= 11 is 3.42. The molecule has 2 aromatic rings. The number of methoxy groups -OCH3 is 2. The van der Waals surface area contributed by atoms with E-state index >= 15 is 0 Å². The number of carbonyl (C=O) groups is 1. The Hall–Kier alpha value is -3.07. The number of aliphatic imine (C=N–C) groups is 2. The van der Waals surface area contributed by atoms with Gasteiger partial charge in [0.25, 0.3) is 0 Å². The van der Waals surface area contributed by atoms with Gasteiger partial charge < -0.3 is 20.9 Å². The molecule has 2 aliphatic rings. The molecule has 1 fully saturated rings. The second-order valence-corrected chi connectivity index (χ2v) is 8.79. The average molecular weight is 500 g/mol. The second kappa shape index (κ2) is 8.82. The predicted molar refractivity (Wildman–Crippen MR) is 129 cm³/mol. The molecule has 2 aromatic carbocycles. The number of halogens is 1. The van der Waals surface area contributed by atoms with E-state index < -0.39 is 5.66 Å². The molecule has 0 aromatic heterocycles. The standard InChI is InChI=1S/C23H26BrN5O3/c1-31-18-12-16(20(30)14-6-8-15(24)9-7-14)17(13-19(18)32-2)29-22(26)27-21(25)28-23(29)10-4-3-5-11-23/h6-9,12-13H,3-5,10-11H2,1-2H3,(H4,25,26,27,28). The fraction of sp³-hybridized carbons (Fsp3) is 0.348. The Kier molecular flexibility index (Phi) is 6.10. The Balaban J connectivity index is 1.93. The molecule has 1 aliphatic heterocycles. The van der Waals surface area contributed by atoms with Crippen molar-refractivity contribution in [3.05, 3.63) is 52.0 Å². The molecule has 0 atom stereocenters. The molecule has 4 N–H and O–H groups in total. The molecule has 9 heteroatoms. The highest BCUT2D eigenvalue weighted by Crippen LogP contribution is 2.44. The normalized spacial score (nSPS) is 17.5. The summed E-state index contributed by atoms with van der Waals surface area (Å²) in [5, 5.41) is 0. The first-order chi connectivity index (χ1) is 15.4. The number of guanidine groups is 2. The SMILES string of the molecule is COc1cc(C(=O)c2ccc(Br)cc2)c(N2C(N)=NC(N)=NC23CCCCC3)cc1OC. The smallest absolute Gasteiger partial charge is 0.220 e. The van der Waals surface area contributed by atoms with E-state index in [-0.39, 0.29) is 17.7 Å². The lowest BCUT2D eigenvalue weighted by Gasteiger charge is -2.46. The van der Waals surface area contributed by atoms with Crippen molar-refractivity contribution in [2.45, 2.75) is 37.8 Å². The van der Waals surface area contributed by atoms with Crippen LogP contribution in [0, 0.1) is 0 Å². The van der Waals surface area contributed by atoms with Gasteiger partial charge in [-0.1, -0.05) is 22.4 Å². The van der Waals surface area contributed by atoms with Crippen molar-refractivity contribution in [3.63, 3.8) is 0 Å². The van der Waals surface area contributed by atoms with Gasteiger partial charge in [0.05, 0.1) is 25.5 Å². The number of ketones is 1. The number of nitrogens with zero attached hydrogens (tertiary/aromatic N) is 3. The van der Waals surface area contributed by atoms with Crippen LogP contribution in [0.1, 0.15) is 48.0 Å². The summed E-state index contributed by atoms with van der Waals surface area (Å²) in [6.45, 7) is 0.